The van der Waals surface area contributed by atoms with Gasteiger partial charge in [-0.3, -0.25) is 0 Å². The van der Waals surface area contributed by atoms with E-state index in [1.165, 1.54) is 28.1 Å². The lowest BCUT2D eigenvalue weighted by molar-refractivity contribution is 0.613. The smallest absolute Gasteiger partial charge is 0.0681 e. The number of hydrogen-bond donors (Lipinski definition) is 1. The first kappa shape index (κ1) is 10.5. The van der Waals surface area contributed by atoms with Gasteiger partial charge in [-0.25, -0.2) is 4.68 Å². The predicted molar refractivity (Wildman–Crippen MR) is 68.4 cm³/mol. The number of hydrogen-bond acceptors (Lipinski definition) is 2. The fourth-order valence-corrected chi connectivity index (χ4v) is 2.41. The highest BCUT2D eigenvalue weighted by Gasteiger charge is 2.16. The highest BCUT2D eigenvalue weighted by molar-refractivity contribution is 5.46. The van der Waals surface area contributed by atoms with Crippen molar-refractivity contribution in [1.29, 1.82) is 0 Å². The minimum absolute atomic E-state index is 0.919. The number of benzene rings is 1. The number of fused-ring (bicyclic) bond motifs is 1. The molecule has 1 aliphatic rings. The second-order valence-electron chi connectivity index (χ2n) is 4.67. The molecule has 0 bridgehead atoms. The standard InChI is InChI=1S/C14H17N3/c1-10-4-3-5-13(11(10)2)17-14-9-15-7-6-12(14)8-16-17/h3-5,8,15H,6-7,9H2,1-2H3. The van der Waals surface area contributed by atoms with E-state index in [4.69, 9.17) is 0 Å². The maximum atomic E-state index is 4.55. The quantitative estimate of drug-likeness (QED) is 0.809. The predicted octanol–water partition coefficient (Wildman–Crippen LogP) is 2.13. The summed E-state index contributed by atoms with van der Waals surface area (Å²) in [6.45, 7) is 6.29. The average molecular weight is 227 g/mol. The Balaban J connectivity index is 2.15. The van der Waals surface area contributed by atoms with Crippen LogP contribution in [0.3, 0.4) is 0 Å². The van der Waals surface area contributed by atoms with E-state index in [2.05, 4.69) is 47.1 Å². The lowest BCUT2D eigenvalue weighted by Crippen LogP contribution is -2.25. The first-order valence-electron chi connectivity index (χ1n) is 6.10. The zero-order valence-corrected chi connectivity index (χ0v) is 10.3. The summed E-state index contributed by atoms with van der Waals surface area (Å²) < 4.78 is 2.09. The van der Waals surface area contributed by atoms with Crippen LogP contribution in [0.25, 0.3) is 5.69 Å². The molecular weight excluding hydrogens is 210 g/mol. The fraction of sp³-hybridized carbons (Fsp3) is 0.357. The van der Waals surface area contributed by atoms with Crippen LogP contribution in [0.15, 0.2) is 24.4 Å². The SMILES string of the molecule is Cc1cccc(-n2ncc3c2CNCC3)c1C. The van der Waals surface area contributed by atoms with Gasteiger partial charge >= 0.3 is 0 Å². The summed E-state index contributed by atoms with van der Waals surface area (Å²) in [6, 6.07) is 6.39. The summed E-state index contributed by atoms with van der Waals surface area (Å²) in [4.78, 5) is 0. The van der Waals surface area contributed by atoms with Crippen molar-refractivity contribution in [2.45, 2.75) is 26.8 Å². The molecule has 2 heterocycles. The van der Waals surface area contributed by atoms with Crippen molar-refractivity contribution in [3.8, 4) is 5.69 Å². The van der Waals surface area contributed by atoms with E-state index < -0.39 is 0 Å². The van der Waals surface area contributed by atoms with Crippen molar-refractivity contribution in [3.63, 3.8) is 0 Å². The number of nitrogens with one attached hydrogen (secondary N) is 1. The molecule has 0 fully saturated rings. The molecule has 0 unspecified atom stereocenters. The summed E-state index contributed by atoms with van der Waals surface area (Å²) in [6.07, 6.45) is 3.10. The monoisotopic (exact) mass is 227 g/mol. The lowest BCUT2D eigenvalue weighted by atomic mass is 10.1. The van der Waals surface area contributed by atoms with E-state index in [-0.39, 0.29) is 0 Å². The van der Waals surface area contributed by atoms with Crippen molar-refractivity contribution in [2.24, 2.45) is 0 Å². The molecule has 0 aliphatic carbocycles. The molecule has 1 aromatic heterocycles. The van der Waals surface area contributed by atoms with Gasteiger partial charge in [-0.2, -0.15) is 5.10 Å². The maximum absolute atomic E-state index is 4.55. The van der Waals surface area contributed by atoms with Gasteiger partial charge in [0.15, 0.2) is 0 Å². The Labute approximate surface area is 101 Å². The molecule has 0 saturated heterocycles. The molecule has 88 valence electrons. The van der Waals surface area contributed by atoms with Crippen LogP contribution in [0, 0.1) is 13.8 Å². The Morgan fingerprint density at radius 1 is 1.29 bits per heavy atom. The van der Waals surface area contributed by atoms with Gasteiger partial charge < -0.3 is 5.32 Å². The summed E-state index contributed by atoms with van der Waals surface area (Å²) in [7, 11) is 0. The molecule has 3 rings (SSSR count). The first-order chi connectivity index (χ1) is 8.27. The molecule has 0 spiro atoms. The topological polar surface area (TPSA) is 29.9 Å². The van der Waals surface area contributed by atoms with E-state index in [1.54, 1.807) is 0 Å². The molecular formula is C14H17N3. The third-order valence-corrected chi connectivity index (χ3v) is 3.62. The normalized spacial score (nSPS) is 14.7. The second-order valence-corrected chi connectivity index (χ2v) is 4.67. The van der Waals surface area contributed by atoms with Gasteiger partial charge in [-0.05, 0) is 49.6 Å². The van der Waals surface area contributed by atoms with Crippen LogP contribution in [0.4, 0.5) is 0 Å². The Hall–Kier alpha value is -1.61. The molecule has 0 atom stereocenters. The zero-order chi connectivity index (χ0) is 11.8. The van der Waals surface area contributed by atoms with E-state index >= 15 is 0 Å². The zero-order valence-electron chi connectivity index (χ0n) is 10.3. The lowest BCUT2D eigenvalue weighted by Gasteiger charge is -2.17. The van der Waals surface area contributed by atoms with Crippen molar-refractivity contribution < 1.29 is 0 Å². The van der Waals surface area contributed by atoms with Gasteiger partial charge in [0, 0.05) is 6.54 Å². The Bertz CT molecular complexity index is 555. The van der Waals surface area contributed by atoms with Crippen molar-refractivity contribution in [3.05, 3.63) is 46.8 Å². The van der Waals surface area contributed by atoms with Gasteiger partial charge in [0.05, 0.1) is 17.6 Å². The molecule has 3 heteroatoms. The number of aromatic nitrogens is 2. The average Bonchev–Trinajstić information content (AvgIpc) is 2.77. The van der Waals surface area contributed by atoms with Gasteiger partial charge in [-0.1, -0.05) is 12.1 Å². The third kappa shape index (κ3) is 1.67. The van der Waals surface area contributed by atoms with E-state index in [1.807, 2.05) is 6.20 Å². The van der Waals surface area contributed by atoms with Crippen LogP contribution in [0.1, 0.15) is 22.4 Å². The highest BCUT2D eigenvalue weighted by atomic mass is 15.3. The van der Waals surface area contributed by atoms with Gasteiger partial charge in [0.25, 0.3) is 0 Å². The summed E-state index contributed by atoms with van der Waals surface area (Å²) in [5.41, 5.74) is 6.52. The molecule has 17 heavy (non-hydrogen) atoms. The van der Waals surface area contributed by atoms with Crippen molar-refractivity contribution in [2.75, 3.05) is 6.54 Å². The number of nitrogens with zero attached hydrogens (tertiary/aromatic N) is 2. The summed E-state index contributed by atoms with van der Waals surface area (Å²) in [5, 5.41) is 7.96. The van der Waals surface area contributed by atoms with Crippen LogP contribution >= 0.6 is 0 Å². The minimum atomic E-state index is 0.919. The molecule has 3 nitrogen and oxygen atoms in total. The fourth-order valence-electron chi connectivity index (χ4n) is 2.41. The van der Waals surface area contributed by atoms with Crippen LogP contribution in [-0.2, 0) is 13.0 Å². The first-order valence-corrected chi connectivity index (χ1v) is 6.10. The third-order valence-electron chi connectivity index (χ3n) is 3.62. The van der Waals surface area contributed by atoms with E-state index in [9.17, 15) is 0 Å². The van der Waals surface area contributed by atoms with E-state index in [0.29, 0.717) is 0 Å². The highest BCUT2D eigenvalue weighted by Crippen LogP contribution is 2.22. The molecule has 0 saturated carbocycles. The largest absolute Gasteiger partial charge is 0.311 e. The van der Waals surface area contributed by atoms with Crippen molar-refractivity contribution in [1.82, 2.24) is 15.1 Å². The molecule has 1 aliphatic heterocycles. The van der Waals surface area contributed by atoms with Crippen molar-refractivity contribution >= 4 is 0 Å². The Morgan fingerprint density at radius 2 is 2.18 bits per heavy atom. The molecule has 0 amide bonds. The molecule has 2 aromatic rings. The summed E-state index contributed by atoms with van der Waals surface area (Å²) >= 11 is 0. The van der Waals surface area contributed by atoms with Crippen LogP contribution in [0.2, 0.25) is 0 Å². The Kier molecular flexibility index (Phi) is 2.48. The molecule has 0 radical (unpaired) electrons. The summed E-state index contributed by atoms with van der Waals surface area (Å²) in [5.74, 6) is 0. The van der Waals surface area contributed by atoms with Crippen LogP contribution in [-0.4, -0.2) is 16.3 Å². The number of aryl methyl sites for hydroxylation is 1. The van der Waals surface area contributed by atoms with Crippen LogP contribution in [0.5, 0.6) is 0 Å². The number of rotatable bonds is 1. The van der Waals surface area contributed by atoms with Gasteiger partial charge in [0.2, 0.25) is 0 Å². The van der Waals surface area contributed by atoms with Crippen LogP contribution < -0.4 is 5.32 Å². The Morgan fingerprint density at radius 3 is 3.06 bits per heavy atom. The maximum Gasteiger partial charge on any atom is 0.0681 e. The van der Waals surface area contributed by atoms with Gasteiger partial charge in [0.1, 0.15) is 0 Å². The van der Waals surface area contributed by atoms with E-state index in [0.717, 1.165) is 19.5 Å². The molecule has 1 aromatic carbocycles. The van der Waals surface area contributed by atoms with Gasteiger partial charge in [-0.15, -0.1) is 0 Å². The molecule has 1 N–H and O–H groups in total. The minimum Gasteiger partial charge on any atom is -0.311 e. The second kappa shape index (κ2) is 4.00.